The zero-order valence-electron chi connectivity index (χ0n) is 9.45. The average Bonchev–Trinajstić information content (AvgIpc) is 2.58. The Balaban J connectivity index is 2.27. The lowest BCUT2D eigenvalue weighted by atomic mass is 9.99. The number of hydrogen-bond acceptors (Lipinski definition) is 4. The maximum absolute atomic E-state index is 11.8. The molecule has 1 aliphatic heterocycles. The second-order valence-electron chi connectivity index (χ2n) is 4.07. The van der Waals surface area contributed by atoms with Gasteiger partial charge in [0.25, 0.3) is 0 Å². The van der Waals surface area contributed by atoms with Gasteiger partial charge in [-0.15, -0.1) is 0 Å². The Morgan fingerprint density at radius 3 is 3.00 bits per heavy atom. The summed E-state index contributed by atoms with van der Waals surface area (Å²) in [5.41, 5.74) is 6.37. The van der Waals surface area contributed by atoms with Crippen molar-refractivity contribution in [2.75, 3.05) is 12.3 Å². The van der Waals surface area contributed by atoms with E-state index in [1.807, 2.05) is 12.1 Å². The van der Waals surface area contributed by atoms with Crippen LogP contribution < -0.4 is 10.5 Å². The van der Waals surface area contributed by atoms with E-state index in [0.29, 0.717) is 24.5 Å². The van der Waals surface area contributed by atoms with Gasteiger partial charge in [-0.25, -0.2) is 4.79 Å². The maximum Gasteiger partial charge on any atom is 0.350 e. The summed E-state index contributed by atoms with van der Waals surface area (Å²) in [5.74, 6) is 0.267. The van der Waals surface area contributed by atoms with E-state index in [0.717, 1.165) is 5.56 Å². The molecule has 4 heteroatoms. The fourth-order valence-corrected chi connectivity index (χ4v) is 1.89. The molecule has 2 rings (SSSR count). The Kier molecular flexibility index (Phi) is 2.50. The normalized spacial score (nSPS) is 22.4. The Morgan fingerprint density at radius 2 is 2.38 bits per heavy atom. The van der Waals surface area contributed by atoms with Gasteiger partial charge in [0.1, 0.15) is 5.75 Å². The van der Waals surface area contributed by atoms with Crippen LogP contribution in [0, 0.1) is 0 Å². The first-order chi connectivity index (χ1) is 7.57. The van der Waals surface area contributed by atoms with E-state index in [9.17, 15) is 4.79 Å². The molecule has 0 bridgehead atoms. The third kappa shape index (κ3) is 1.60. The minimum atomic E-state index is -0.937. The molecule has 0 saturated heterocycles. The van der Waals surface area contributed by atoms with E-state index in [4.69, 9.17) is 15.2 Å². The molecule has 1 unspecified atom stereocenters. The summed E-state index contributed by atoms with van der Waals surface area (Å²) in [4.78, 5) is 11.8. The number of carbonyl (C=O) groups is 1. The number of fused-ring (bicyclic) bond motifs is 1. The summed E-state index contributed by atoms with van der Waals surface area (Å²) < 4.78 is 10.6. The van der Waals surface area contributed by atoms with Crippen LogP contribution in [-0.2, 0) is 16.0 Å². The third-order valence-electron chi connectivity index (χ3n) is 2.69. The van der Waals surface area contributed by atoms with Gasteiger partial charge < -0.3 is 15.2 Å². The van der Waals surface area contributed by atoms with Crippen LogP contribution in [0.4, 0.5) is 5.69 Å². The molecule has 1 heterocycles. The summed E-state index contributed by atoms with van der Waals surface area (Å²) in [6.07, 6.45) is 0.506. The second kappa shape index (κ2) is 3.70. The van der Waals surface area contributed by atoms with Gasteiger partial charge in [-0.2, -0.15) is 0 Å². The highest BCUT2D eigenvalue weighted by Gasteiger charge is 2.43. The number of hydrogen-bond donors (Lipinski definition) is 1. The molecular formula is C12H15NO3. The molecule has 0 amide bonds. The van der Waals surface area contributed by atoms with Gasteiger partial charge in [0.2, 0.25) is 5.60 Å². The van der Waals surface area contributed by atoms with Crippen molar-refractivity contribution in [3.63, 3.8) is 0 Å². The van der Waals surface area contributed by atoms with Gasteiger partial charge in [-0.3, -0.25) is 0 Å². The standard InChI is InChI=1S/C12H15NO3/c1-3-15-11(14)12(2)7-8-5-4-6-9(13)10(8)16-12/h4-6H,3,7,13H2,1-2H3. The van der Waals surface area contributed by atoms with Crippen LogP contribution >= 0.6 is 0 Å². The van der Waals surface area contributed by atoms with Crippen LogP contribution in [0.3, 0.4) is 0 Å². The van der Waals surface area contributed by atoms with E-state index in [-0.39, 0.29) is 5.97 Å². The monoisotopic (exact) mass is 221 g/mol. The summed E-state index contributed by atoms with van der Waals surface area (Å²) in [6, 6.07) is 5.53. The summed E-state index contributed by atoms with van der Waals surface area (Å²) in [7, 11) is 0. The first kappa shape index (κ1) is 10.8. The Morgan fingerprint density at radius 1 is 1.62 bits per heavy atom. The molecule has 1 aromatic carbocycles. The molecule has 0 aliphatic carbocycles. The number of ether oxygens (including phenoxy) is 2. The van der Waals surface area contributed by atoms with E-state index < -0.39 is 5.60 Å². The molecule has 0 spiro atoms. The highest BCUT2D eigenvalue weighted by Crippen LogP contribution is 2.39. The Hall–Kier alpha value is -1.71. The first-order valence-electron chi connectivity index (χ1n) is 5.30. The molecule has 1 aromatic rings. The van der Waals surface area contributed by atoms with Crippen molar-refractivity contribution >= 4 is 11.7 Å². The molecule has 4 nitrogen and oxygen atoms in total. The lowest BCUT2D eigenvalue weighted by molar-refractivity contribution is -0.158. The number of rotatable bonds is 2. The van der Waals surface area contributed by atoms with Crippen molar-refractivity contribution < 1.29 is 14.3 Å². The largest absolute Gasteiger partial charge is 0.473 e. The summed E-state index contributed by atoms with van der Waals surface area (Å²) in [5, 5.41) is 0. The highest BCUT2D eigenvalue weighted by molar-refractivity contribution is 5.82. The van der Waals surface area contributed by atoms with Crippen LogP contribution in [0.2, 0.25) is 0 Å². The van der Waals surface area contributed by atoms with Crippen molar-refractivity contribution in [1.29, 1.82) is 0 Å². The van der Waals surface area contributed by atoms with Crippen LogP contribution in [0.25, 0.3) is 0 Å². The van der Waals surface area contributed by atoms with Crippen molar-refractivity contribution in [2.24, 2.45) is 0 Å². The highest BCUT2D eigenvalue weighted by atomic mass is 16.6. The predicted octanol–water partition coefficient (Wildman–Crippen LogP) is 1.53. The fraction of sp³-hybridized carbons (Fsp3) is 0.417. The topological polar surface area (TPSA) is 61.5 Å². The van der Waals surface area contributed by atoms with E-state index in [2.05, 4.69) is 0 Å². The molecule has 1 aliphatic rings. The molecule has 86 valence electrons. The number of carbonyl (C=O) groups excluding carboxylic acids is 1. The van der Waals surface area contributed by atoms with Crippen LogP contribution in [0.15, 0.2) is 18.2 Å². The smallest absolute Gasteiger partial charge is 0.350 e. The SMILES string of the molecule is CCOC(=O)C1(C)Cc2cccc(N)c2O1. The van der Waals surface area contributed by atoms with Crippen LogP contribution in [0.5, 0.6) is 5.75 Å². The molecule has 0 radical (unpaired) electrons. The van der Waals surface area contributed by atoms with Crippen LogP contribution in [-0.4, -0.2) is 18.2 Å². The molecule has 0 fully saturated rings. The van der Waals surface area contributed by atoms with Gasteiger partial charge >= 0.3 is 5.97 Å². The number of nitrogen functional groups attached to an aromatic ring is 1. The zero-order chi connectivity index (χ0) is 11.8. The van der Waals surface area contributed by atoms with Gasteiger partial charge in [-0.05, 0) is 19.9 Å². The molecular weight excluding hydrogens is 206 g/mol. The third-order valence-corrected chi connectivity index (χ3v) is 2.69. The maximum atomic E-state index is 11.8. The molecule has 1 atom stereocenters. The lowest BCUT2D eigenvalue weighted by Crippen LogP contribution is -2.41. The zero-order valence-corrected chi connectivity index (χ0v) is 9.45. The Labute approximate surface area is 94.3 Å². The quantitative estimate of drug-likeness (QED) is 0.607. The van der Waals surface area contributed by atoms with Crippen molar-refractivity contribution in [2.45, 2.75) is 25.9 Å². The van der Waals surface area contributed by atoms with E-state index in [1.54, 1.807) is 19.9 Å². The first-order valence-corrected chi connectivity index (χ1v) is 5.30. The van der Waals surface area contributed by atoms with Crippen molar-refractivity contribution in [3.8, 4) is 5.75 Å². The molecule has 16 heavy (non-hydrogen) atoms. The summed E-state index contributed by atoms with van der Waals surface area (Å²) in [6.45, 7) is 3.85. The average molecular weight is 221 g/mol. The fourth-order valence-electron chi connectivity index (χ4n) is 1.89. The van der Waals surface area contributed by atoms with E-state index >= 15 is 0 Å². The second-order valence-corrected chi connectivity index (χ2v) is 4.07. The molecule has 0 aromatic heterocycles. The van der Waals surface area contributed by atoms with Gasteiger partial charge in [0.15, 0.2) is 0 Å². The Bertz CT molecular complexity index is 430. The van der Waals surface area contributed by atoms with Gasteiger partial charge in [0, 0.05) is 12.0 Å². The minimum Gasteiger partial charge on any atom is -0.473 e. The predicted molar refractivity (Wildman–Crippen MR) is 60.2 cm³/mol. The van der Waals surface area contributed by atoms with E-state index in [1.165, 1.54) is 0 Å². The molecule has 0 saturated carbocycles. The van der Waals surface area contributed by atoms with Crippen molar-refractivity contribution in [3.05, 3.63) is 23.8 Å². The number of anilines is 1. The van der Waals surface area contributed by atoms with Crippen LogP contribution in [0.1, 0.15) is 19.4 Å². The molecule has 2 N–H and O–H groups in total. The summed E-state index contributed by atoms with van der Waals surface area (Å²) >= 11 is 0. The lowest BCUT2D eigenvalue weighted by Gasteiger charge is -2.21. The van der Waals surface area contributed by atoms with Crippen molar-refractivity contribution in [1.82, 2.24) is 0 Å². The number of para-hydroxylation sites is 1. The number of nitrogens with two attached hydrogens (primary N) is 1. The minimum absolute atomic E-state index is 0.342. The number of benzene rings is 1. The van der Waals surface area contributed by atoms with Gasteiger partial charge in [-0.1, -0.05) is 12.1 Å². The number of esters is 1. The van der Waals surface area contributed by atoms with Gasteiger partial charge in [0.05, 0.1) is 12.3 Å².